The predicted octanol–water partition coefficient (Wildman–Crippen LogP) is 3.98. The standard InChI is InChI=1S/C20H19ClO6/c1-23-17-4-5-18(24-2)13(9-17)3-6-19(22)26-11-15-8-16(21)7-14-10-25-12-27-20(14)15/h3-9H,10-12H2,1-2H3/b6-3+. The van der Waals surface area contributed by atoms with Crippen LogP contribution < -0.4 is 14.2 Å². The van der Waals surface area contributed by atoms with Gasteiger partial charge in [-0.05, 0) is 36.4 Å². The molecule has 7 heteroatoms. The number of rotatable bonds is 6. The summed E-state index contributed by atoms with van der Waals surface area (Å²) in [6, 6.07) is 8.80. The van der Waals surface area contributed by atoms with E-state index in [2.05, 4.69) is 0 Å². The average molecular weight is 391 g/mol. The maximum atomic E-state index is 12.1. The van der Waals surface area contributed by atoms with Gasteiger partial charge in [0.1, 0.15) is 23.9 Å². The van der Waals surface area contributed by atoms with Crippen molar-refractivity contribution >= 4 is 23.6 Å². The van der Waals surface area contributed by atoms with Crippen LogP contribution in [0.15, 0.2) is 36.4 Å². The van der Waals surface area contributed by atoms with E-state index in [9.17, 15) is 4.79 Å². The fourth-order valence-corrected chi connectivity index (χ4v) is 2.95. The molecule has 0 bridgehead atoms. The summed E-state index contributed by atoms with van der Waals surface area (Å²) in [6.45, 7) is 0.610. The zero-order chi connectivity index (χ0) is 19.2. The second-order valence-corrected chi connectivity index (χ2v) is 6.15. The van der Waals surface area contributed by atoms with Crippen molar-refractivity contribution in [1.82, 2.24) is 0 Å². The van der Waals surface area contributed by atoms with E-state index in [1.807, 2.05) is 0 Å². The number of carbonyl (C=O) groups excluding carboxylic acids is 1. The van der Waals surface area contributed by atoms with Crippen LogP contribution in [-0.2, 0) is 27.5 Å². The number of ether oxygens (including phenoxy) is 5. The molecule has 0 unspecified atom stereocenters. The van der Waals surface area contributed by atoms with Crippen molar-refractivity contribution in [3.05, 3.63) is 58.1 Å². The quantitative estimate of drug-likeness (QED) is 0.549. The van der Waals surface area contributed by atoms with Crippen molar-refractivity contribution in [3.63, 3.8) is 0 Å². The first kappa shape index (κ1) is 19.1. The van der Waals surface area contributed by atoms with Gasteiger partial charge in [-0.3, -0.25) is 0 Å². The Balaban J connectivity index is 1.69. The molecular weight excluding hydrogens is 372 g/mol. The molecule has 142 valence electrons. The maximum Gasteiger partial charge on any atom is 0.331 e. The Morgan fingerprint density at radius 2 is 2.07 bits per heavy atom. The number of hydrogen-bond donors (Lipinski definition) is 0. The Bertz CT molecular complexity index is 862. The zero-order valence-electron chi connectivity index (χ0n) is 15.0. The largest absolute Gasteiger partial charge is 0.497 e. The van der Waals surface area contributed by atoms with Crippen LogP contribution in [0.1, 0.15) is 16.7 Å². The number of hydrogen-bond acceptors (Lipinski definition) is 6. The minimum absolute atomic E-state index is 0.0430. The normalized spacial score (nSPS) is 13.0. The Labute approximate surface area is 162 Å². The molecule has 1 aliphatic rings. The summed E-state index contributed by atoms with van der Waals surface area (Å²) in [5.41, 5.74) is 2.23. The lowest BCUT2D eigenvalue weighted by atomic mass is 10.1. The summed E-state index contributed by atoms with van der Waals surface area (Å²) >= 11 is 6.11. The first-order valence-electron chi connectivity index (χ1n) is 8.19. The first-order chi connectivity index (χ1) is 13.1. The van der Waals surface area contributed by atoms with Crippen LogP contribution in [-0.4, -0.2) is 27.0 Å². The van der Waals surface area contributed by atoms with E-state index in [1.165, 1.54) is 6.08 Å². The minimum atomic E-state index is -0.499. The van der Waals surface area contributed by atoms with Gasteiger partial charge in [0.2, 0.25) is 0 Å². The van der Waals surface area contributed by atoms with Gasteiger partial charge in [-0.2, -0.15) is 0 Å². The molecule has 0 aliphatic carbocycles. The van der Waals surface area contributed by atoms with E-state index in [0.29, 0.717) is 40.0 Å². The monoisotopic (exact) mass is 390 g/mol. The van der Waals surface area contributed by atoms with Crippen molar-refractivity contribution in [2.75, 3.05) is 21.0 Å². The van der Waals surface area contributed by atoms with Gasteiger partial charge >= 0.3 is 5.97 Å². The SMILES string of the molecule is COc1ccc(OC)c(/C=C/C(=O)OCc2cc(Cl)cc3c2OCOC3)c1. The Kier molecular flexibility index (Phi) is 6.21. The highest BCUT2D eigenvalue weighted by atomic mass is 35.5. The van der Waals surface area contributed by atoms with Gasteiger partial charge in [0.15, 0.2) is 6.79 Å². The number of carbonyl (C=O) groups is 1. The summed E-state index contributed by atoms with van der Waals surface area (Å²) in [5.74, 6) is 1.43. The molecule has 6 nitrogen and oxygen atoms in total. The number of halogens is 1. The molecule has 0 aromatic heterocycles. The average Bonchev–Trinajstić information content (AvgIpc) is 2.70. The van der Waals surface area contributed by atoms with E-state index in [4.69, 9.17) is 35.3 Å². The fraction of sp³-hybridized carbons (Fsp3) is 0.250. The van der Waals surface area contributed by atoms with Crippen LogP contribution in [0.5, 0.6) is 17.2 Å². The second-order valence-electron chi connectivity index (χ2n) is 5.71. The summed E-state index contributed by atoms with van der Waals surface area (Å²) in [4.78, 5) is 12.1. The topological polar surface area (TPSA) is 63.2 Å². The third kappa shape index (κ3) is 4.72. The molecule has 0 radical (unpaired) electrons. The van der Waals surface area contributed by atoms with Crippen LogP contribution >= 0.6 is 11.6 Å². The van der Waals surface area contributed by atoms with E-state index < -0.39 is 5.97 Å². The Morgan fingerprint density at radius 1 is 1.22 bits per heavy atom. The van der Waals surface area contributed by atoms with Crippen molar-refractivity contribution in [1.29, 1.82) is 0 Å². The highest BCUT2D eigenvalue weighted by Gasteiger charge is 2.17. The number of methoxy groups -OCH3 is 2. The summed E-state index contributed by atoms with van der Waals surface area (Å²) < 4.78 is 26.5. The lowest BCUT2D eigenvalue weighted by molar-refractivity contribution is -0.139. The molecule has 2 aromatic carbocycles. The molecule has 0 saturated carbocycles. The number of benzene rings is 2. The van der Waals surface area contributed by atoms with Gasteiger partial charge in [0.25, 0.3) is 0 Å². The molecule has 27 heavy (non-hydrogen) atoms. The molecule has 1 heterocycles. The number of fused-ring (bicyclic) bond motifs is 1. The Hall–Kier alpha value is -2.70. The van der Waals surface area contributed by atoms with Gasteiger partial charge in [0.05, 0.1) is 20.8 Å². The van der Waals surface area contributed by atoms with Crippen molar-refractivity contribution in [2.45, 2.75) is 13.2 Å². The molecule has 0 spiro atoms. The molecule has 3 rings (SSSR count). The molecule has 0 atom stereocenters. The predicted molar refractivity (Wildman–Crippen MR) is 100 cm³/mol. The lowest BCUT2D eigenvalue weighted by Gasteiger charge is -2.20. The summed E-state index contributed by atoms with van der Waals surface area (Å²) in [5, 5.41) is 0.533. The molecule has 0 saturated heterocycles. The third-order valence-corrected chi connectivity index (χ3v) is 4.18. The molecule has 0 fully saturated rings. The van der Waals surface area contributed by atoms with Crippen LogP contribution in [0, 0.1) is 0 Å². The van der Waals surface area contributed by atoms with Crippen LogP contribution in [0.3, 0.4) is 0 Å². The summed E-state index contributed by atoms with van der Waals surface area (Å²) in [6.07, 6.45) is 2.94. The van der Waals surface area contributed by atoms with Gasteiger partial charge in [-0.15, -0.1) is 0 Å². The van der Waals surface area contributed by atoms with Gasteiger partial charge in [-0.1, -0.05) is 11.6 Å². The van der Waals surface area contributed by atoms with Crippen LogP contribution in [0.25, 0.3) is 6.08 Å². The smallest absolute Gasteiger partial charge is 0.331 e. The molecule has 0 amide bonds. The first-order valence-corrected chi connectivity index (χ1v) is 8.57. The third-order valence-electron chi connectivity index (χ3n) is 3.96. The molecule has 1 aliphatic heterocycles. The molecule has 0 N–H and O–H groups in total. The van der Waals surface area contributed by atoms with Gasteiger partial charge in [-0.25, -0.2) is 4.79 Å². The highest BCUT2D eigenvalue weighted by molar-refractivity contribution is 6.30. The lowest BCUT2D eigenvalue weighted by Crippen LogP contribution is -2.14. The van der Waals surface area contributed by atoms with Gasteiger partial charge in [0, 0.05) is 27.8 Å². The van der Waals surface area contributed by atoms with Crippen LogP contribution in [0.2, 0.25) is 5.02 Å². The van der Waals surface area contributed by atoms with Gasteiger partial charge < -0.3 is 23.7 Å². The fourth-order valence-electron chi connectivity index (χ4n) is 2.69. The van der Waals surface area contributed by atoms with Crippen molar-refractivity contribution < 1.29 is 28.5 Å². The molecular formula is C20H19ClO6. The van der Waals surface area contributed by atoms with E-state index in [0.717, 1.165) is 5.56 Å². The number of esters is 1. The van der Waals surface area contributed by atoms with Crippen LogP contribution in [0.4, 0.5) is 0 Å². The van der Waals surface area contributed by atoms with E-state index in [1.54, 1.807) is 50.6 Å². The van der Waals surface area contributed by atoms with Crippen molar-refractivity contribution in [2.24, 2.45) is 0 Å². The summed E-state index contributed by atoms with van der Waals surface area (Å²) in [7, 11) is 3.13. The maximum absolute atomic E-state index is 12.1. The second kappa shape index (κ2) is 8.79. The zero-order valence-corrected chi connectivity index (χ0v) is 15.7. The Morgan fingerprint density at radius 3 is 2.85 bits per heavy atom. The van der Waals surface area contributed by atoms with E-state index >= 15 is 0 Å². The minimum Gasteiger partial charge on any atom is -0.497 e. The molecule has 2 aromatic rings. The highest BCUT2D eigenvalue weighted by Crippen LogP contribution is 2.32. The van der Waals surface area contributed by atoms with E-state index in [-0.39, 0.29) is 13.4 Å². The van der Waals surface area contributed by atoms with Crippen molar-refractivity contribution in [3.8, 4) is 17.2 Å².